The Hall–Kier alpha value is 0.390. The first-order chi connectivity index (χ1) is 6.18. The van der Waals surface area contributed by atoms with Crippen LogP contribution in [0.25, 0.3) is 0 Å². The number of anilines is 1. The zero-order chi connectivity index (χ0) is 9.42. The van der Waals surface area contributed by atoms with E-state index in [1.807, 2.05) is 6.07 Å². The molecular weight excluding hydrogens is 317 g/mol. The molecule has 0 aromatic heterocycles. The monoisotopic (exact) mass is 325 g/mol. The largest absolute Gasteiger partial charge is 0.385 e. The first-order valence-electron chi connectivity index (χ1n) is 4.09. The van der Waals surface area contributed by atoms with E-state index >= 15 is 0 Å². The van der Waals surface area contributed by atoms with Gasteiger partial charge in [0.05, 0.1) is 5.02 Å². The van der Waals surface area contributed by atoms with Crippen molar-refractivity contribution in [3.63, 3.8) is 0 Å². The number of benzene rings is 1. The van der Waals surface area contributed by atoms with Gasteiger partial charge in [-0.15, -0.1) is 0 Å². The second-order valence-electron chi connectivity index (χ2n) is 3.08. The van der Waals surface area contributed by atoms with E-state index < -0.39 is 0 Å². The van der Waals surface area contributed by atoms with Gasteiger partial charge < -0.3 is 5.32 Å². The molecule has 1 aromatic carbocycles. The van der Waals surface area contributed by atoms with Crippen molar-refractivity contribution in [2.45, 2.75) is 11.7 Å². The van der Waals surface area contributed by atoms with Gasteiger partial charge in [0.2, 0.25) is 0 Å². The maximum atomic E-state index is 6.02. The van der Waals surface area contributed by atoms with E-state index in [-0.39, 0.29) is 0 Å². The zero-order valence-corrected chi connectivity index (χ0v) is 10.7. The molecule has 0 radical (unpaired) electrons. The lowest BCUT2D eigenvalue weighted by Crippen LogP contribution is -2.13. The quantitative estimate of drug-likeness (QED) is 0.547. The Labute approximate surface area is 102 Å². The second kappa shape index (κ2) is 3.87. The summed E-state index contributed by atoms with van der Waals surface area (Å²) >= 11 is 12.8. The normalized spacial score (nSPS) is 20.7. The molecule has 0 fully saturated rings. The molecule has 1 unspecified atom stereocenters. The van der Waals surface area contributed by atoms with Crippen molar-refractivity contribution in [2.75, 3.05) is 11.9 Å². The molecular formula is C9H9ClINS. The summed E-state index contributed by atoms with van der Waals surface area (Å²) in [5, 5.41) is 4.49. The third kappa shape index (κ3) is 1.92. The van der Waals surface area contributed by atoms with E-state index in [0.717, 1.165) is 27.2 Å². The highest BCUT2D eigenvalue weighted by Crippen LogP contribution is 2.37. The lowest BCUT2D eigenvalue weighted by atomic mass is 10.0. The van der Waals surface area contributed by atoms with Gasteiger partial charge in [-0.1, -0.05) is 11.6 Å². The Kier molecular flexibility index (Phi) is 2.95. The van der Waals surface area contributed by atoms with Crippen LogP contribution in [0, 0.1) is 3.57 Å². The molecule has 4 heteroatoms. The van der Waals surface area contributed by atoms with Crippen molar-refractivity contribution < 1.29 is 0 Å². The van der Waals surface area contributed by atoms with Crippen molar-refractivity contribution in [2.24, 2.45) is 0 Å². The smallest absolute Gasteiger partial charge is 0.0560 e. The number of thiol groups is 1. The first kappa shape index (κ1) is 9.93. The van der Waals surface area contributed by atoms with Crippen molar-refractivity contribution in [1.29, 1.82) is 0 Å². The maximum absolute atomic E-state index is 6.02. The van der Waals surface area contributed by atoms with Crippen LogP contribution in [0.4, 0.5) is 5.69 Å². The molecule has 0 aliphatic carbocycles. The van der Waals surface area contributed by atoms with Crippen molar-refractivity contribution in [3.8, 4) is 0 Å². The van der Waals surface area contributed by atoms with Crippen molar-refractivity contribution >= 4 is 52.5 Å². The molecule has 1 aliphatic heterocycles. The van der Waals surface area contributed by atoms with Crippen LogP contribution < -0.4 is 5.32 Å². The summed E-state index contributed by atoms with van der Waals surface area (Å²) in [6.07, 6.45) is 1.08. The van der Waals surface area contributed by atoms with Gasteiger partial charge in [-0.3, -0.25) is 0 Å². The van der Waals surface area contributed by atoms with Gasteiger partial charge in [0.25, 0.3) is 0 Å². The fraction of sp³-hybridized carbons (Fsp3) is 0.333. The molecule has 1 N–H and O–H groups in total. The topological polar surface area (TPSA) is 12.0 Å². The van der Waals surface area contributed by atoms with Gasteiger partial charge in [-0.25, -0.2) is 0 Å². The Morgan fingerprint density at radius 3 is 3.08 bits per heavy atom. The standard InChI is InChI=1S/C9H9ClINS/c10-6-4-8-5(3-7(6)11)9(13)1-2-12-8/h3-4,9,12-13H,1-2H2. The molecule has 1 nitrogen and oxygen atoms in total. The zero-order valence-electron chi connectivity index (χ0n) is 6.85. The van der Waals surface area contributed by atoms with E-state index in [9.17, 15) is 0 Å². The molecule has 1 heterocycles. The third-order valence-electron chi connectivity index (χ3n) is 2.18. The van der Waals surface area contributed by atoms with E-state index in [0.29, 0.717) is 5.25 Å². The molecule has 1 aliphatic rings. The Morgan fingerprint density at radius 1 is 1.54 bits per heavy atom. The lowest BCUT2D eigenvalue weighted by molar-refractivity contribution is 0.815. The number of hydrogen-bond donors (Lipinski definition) is 2. The summed E-state index contributed by atoms with van der Waals surface area (Å²) in [5.41, 5.74) is 2.40. The van der Waals surface area contributed by atoms with Crippen LogP contribution in [0.1, 0.15) is 17.2 Å². The minimum atomic E-state index is 0.349. The second-order valence-corrected chi connectivity index (χ2v) is 5.28. The Balaban J connectivity index is 2.52. The van der Waals surface area contributed by atoms with E-state index in [1.54, 1.807) is 0 Å². The van der Waals surface area contributed by atoms with Crippen molar-refractivity contribution in [3.05, 3.63) is 26.3 Å². The molecule has 13 heavy (non-hydrogen) atoms. The Morgan fingerprint density at radius 2 is 2.31 bits per heavy atom. The number of halogens is 2. The Bertz CT molecular complexity index is 343. The van der Waals surface area contributed by atoms with E-state index in [2.05, 4.69) is 46.6 Å². The van der Waals surface area contributed by atoms with Gasteiger partial charge in [-0.05, 0) is 46.7 Å². The van der Waals surface area contributed by atoms with Crippen LogP contribution in [-0.2, 0) is 0 Å². The third-order valence-corrected chi connectivity index (χ3v) is 4.25. The predicted molar refractivity (Wildman–Crippen MR) is 69.0 cm³/mol. The fourth-order valence-electron chi connectivity index (χ4n) is 1.49. The summed E-state index contributed by atoms with van der Waals surface area (Å²) in [6.45, 7) is 0.984. The molecule has 0 bridgehead atoms. The van der Waals surface area contributed by atoms with Crippen LogP contribution in [-0.4, -0.2) is 6.54 Å². The number of fused-ring (bicyclic) bond motifs is 1. The van der Waals surface area contributed by atoms with Gasteiger partial charge in [0, 0.05) is 21.1 Å². The van der Waals surface area contributed by atoms with Gasteiger partial charge in [0.15, 0.2) is 0 Å². The minimum absolute atomic E-state index is 0.349. The first-order valence-corrected chi connectivity index (χ1v) is 6.06. The van der Waals surface area contributed by atoms with E-state index in [4.69, 9.17) is 11.6 Å². The summed E-state index contributed by atoms with van der Waals surface area (Å²) in [6, 6.07) is 4.10. The van der Waals surface area contributed by atoms with Crippen LogP contribution >= 0.6 is 46.8 Å². The number of hydrogen-bond acceptors (Lipinski definition) is 2. The summed E-state index contributed by atoms with van der Waals surface area (Å²) in [4.78, 5) is 0. The summed E-state index contributed by atoms with van der Waals surface area (Å²) in [7, 11) is 0. The lowest BCUT2D eigenvalue weighted by Gasteiger charge is -2.23. The average Bonchev–Trinajstić information content (AvgIpc) is 2.09. The van der Waals surface area contributed by atoms with E-state index in [1.165, 1.54) is 5.56 Å². The highest BCUT2D eigenvalue weighted by Gasteiger charge is 2.17. The minimum Gasteiger partial charge on any atom is -0.385 e. The molecule has 0 amide bonds. The highest BCUT2D eigenvalue weighted by molar-refractivity contribution is 14.1. The average molecular weight is 326 g/mol. The fourth-order valence-corrected chi connectivity index (χ4v) is 2.49. The molecule has 1 aromatic rings. The molecule has 1 atom stereocenters. The number of nitrogens with one attached hydrogen (secondary N) is 1. The molecule has 0 saturated carbocycles. The van der Waals surface area contributed by atoms with Gasteiger partial charge >= 0.3 is 0 Å². The van der Waals surface area contributed by atoms with Crippen LogP contribution in [0.2, 0.25) is 5.02 Å². The van der Waals surface area contributed by atoms with Gasteiger partial charge in [-0.2, -0.15) is 12.6 Å². The highest BCUT2D eigenvalue weighted by atomic mass is 127. The van der Waals surface area contributed by atoms with Gasteiger partial charge in [0.1, 0.15) is 0 Å². The molecule has 70 valence electrons. The number of rotatable bonds is 0. The molecule has 0 saturated heterocycles. The van der Waals surface area contributed by atoms with Crippen LogP contribution in [0.3, 0.4) is 0 Å². The SMILES string of the molecule is SC1CCNc2cc(Cl)c(I)cc21. The maximum Gasteiger partial charge on any atom is 0.0560 e. The van der Waals surface area contributed by atoms with Crippen LogP contribution in [0.5, 0.6) is 0 Å². The van der Waals surface area contributed by atoms with Crippen molar-refractivity contribution in [1.82, 2.24) is 0 Å². The predicted octanol–water partition coefficient (Wildman–Crippen LogP) is 3.73. The molecule has 0 spiro atoms. The molecule has 2 rings (SSSR count). The summed E-state index contributed by atoms with van der Waals surface area (Å²) < 4.78 is 1.10. The van der Waals surface area contributed by atoms with Crippen LogP contribution in [0.15, 0.2) is 12.1 Å². The summed E-state index contributed by atoms with van der Waals surface area (Å²) in [5.74, 6) is 0.